The van der Waals surface area contributed by atoms with Crippen molar-refractivity contribution in [3.05, 3.63) is 30.0 Å². The molecule has 0 radical (unpaired) electrons. The van der Waals surface area contributed by atoms with Gasteiger partial charge in [-0.2, -0.15) is 5.10 Å². The van der Waals surface area contributed by atoms with Gasteiger partial charge in [-0.1, -0.05) is 18.2 Å². The quantitative estimate of drug-likeness (QED) is 0.930. The molecule has 4 rings (SSSR count). The Hall–Kier alpha value is -1.92. The number of nitrogens with one attached hydrogen (secondary N) is 1. The lowest BCUT2D eigenvalue weighted by Gasteiger charge is -2.36. The molecule has 0 spiro atoms. The molecule has 1 atom stereocenters. The van der Waals surface area contributed by atoms with E-state index in [9.17, 15) is 4.79 Å². The van der Waals surface area contributed by atoms with Crippen molar-refractivity contribution in [1.29, 1.82) is 0 Å². The molecule has 0 aliphatic carbocycles. The van der Waals surface area contributed by atoms with Crippen molar-refractivity contribution in [3.63, 3.8) is 0 Å². The summed E-state index contributed by atoms with van der Waals surface area (Å²) in [5.74, 6) is 0.431. The van der Waals surface area contributed by atoms with Gasteiger partial charge in [0, 0.05) is 31.6 Å². The minimum Gasteiger partial charge on any atom is -0.378 e. The Morgan fingerprint density at radius 3 is 3.04 bits per heavy atom. The standard InChI is InChI=1S/C18H24N4O2/c23-18(22-7-9-24-10-8-22)16-5-2-6-21(13-16)12-15-4-1-3-14-11-19-20-17(14)15/h1,3-4,11,16H,2,5-10,12-13H2,(H,19,20)/t16-/m0/s1. The number of ether oxygens (including phenoxy) is 1. The number of hydrogen-bond donors (Lipinski definition) is 1. The van der Waals surface area contributed by atoms with Gasteiger partial charge in [-0.15, -0.1) is 0 Å². The second kappa shape index (κ2) is 6.91. The highest BCUT2D eigenvalue weighted by Crippen LogP contribution is 2.23. The normalized spacial score (nSPS) is 22.8. The van der Waals surface area contributed by atoms with Crippen LogP contribution in [0.25, 0.3) is 10.9 Å². The second-order valence-electron chi connectivity index (χ2n) is 6.76. The predicted molar refractivity (Wildman–Crippen MR) is 91.5 cm³/mol. The number of carbonyl (C=O) groups excluding carboxylic acids is 1. The Morgan fingerprint density at radius 2 is 2.17 bits per heavy atom. The van der Waals surface area contributed by atoms with Gasteiger partial charge in [0.25, 0.3) is 0 Å². The lowest BCUT2D eigenvalue weighted by Crippen LogP contribution is -2.48. The van der Waals surface area contributed by atoms with E-state index in [4.69, 9.17) is 4.74 Å². The molecule has 128 valence electrons. The summed E-state index contributed by atoms with van der Waals surface area (Å²) in [5.41, 5.74) is 2.36. The van der Waals surface area contributed by atoms with E-state index in [-0.39, 0.29) is 5.92 Å². The minimum atomic E-state index is 0.123. The molecule has 2 fully saturated rings. The molecular formula is C18H24N4O2. The number of hydrogen-bond acceptors (Lipinski definition) is 4. The van der Waals surface area contributed by atoms with Crippen molar-refractivity contribution in [3.8, 4) is 0 Å². The third-order valence-corrected chi connectivity index (χ3v) is 5.13. The molecule has 0 unspecified atom stereocenters. The first-order valence-corrected chi connectivity index (χ1v) is 8.81. The van der Waals surface area contributed by atoms with Gasteiger partial charge in [-0.05, 0) is 24.9 Å². The van der Waals surface area contributed by atoms with Crippen molar-refractivity contribution >= 4 is 16.8 Å². The first-order chi connectivity index (χ1) is 11.8. The monoisotopic (exact) mass is 328 g/mol. The van der Waals surface area contributed by atoms with Gasteiger partial charge in [-0.25, -0.2) is 0 Å². The number of fused-ring (bicyclic) bond motifs is 1. The van der Waals surface area contributed by atoms with Gasteiger partial charge in [0.2, 0.25) is 5.91 Å². The van der Waals surface area contributed by atoms with E-state index in [0.717, 1.165) is 56.5 Å². The lowest BCUT2D eigenvalue weighted by molar-refractivity contribution is -0.141. The van der Waals surface area contributed by atoms with E-state index in [2.05, 4.69) is 33.3 Å². The Labute approximate surface area is 141 Å². The molecule has 2 aliphatic rings. The number of carbonyl (C=O) groups is 1. The molecule has 24 heavy (non-hydrogen) atoms. The first-order valence-electron chi connectivity index (χ1n) is 8.81. The average Bonchev–Trinajstić information content (AvgIpc) is 3.12. The van der Waals surface area contributed by atoms with Gasteiger partial charge >= 0.3 is 0 Å². The van der Waals surface area contributed by atoms with E-state index in [1.807, 2.05) is 11.1 Å². The van der Waals surface area contributed by atoms with Crippen LogP contribution in [0.4, 0.5) is 0 Å². The Bertz CT molecular complexity index is 708. The molecule has 1 amide bonds. The largest absolute Gasteiger partial charge is 0.378 e. The van der Waals surface area contributed by atoms with Gasteiger partial charge in [0.15, 0.2) is 0 Å². The fourth-order valence-corrected chi connectivity index (χ4v) is 3.85. The summed E-state index contributed by atoms with van der Waals surface area (Å²) >= 11 is 0. The molecule has 1 N–H and O–H groups in total. The molecule has 1 aromatic carbocycles. The second-order valence-corrected chi connectivity index (χ2v) is 6.76. The van der Waals surface area contributed by atoms with E-state index < -0.39 is 0 Å². The minimum absolute atomic E-state index is 0.123. The lowest BCUT2D eigenvalue weighted by atomic mass is 9.95. The molecule has 6 nitrogen and oxygen atoms in total. The number of benzene rings is 1. The maximum atomic E-state index is 12.7. The number of likely N-dealkylation sites (tertiary alicyclic amines) is 1. The number of morpholine rings is 1. The van der Waals surface area contributed by atoms with Crippen LogP contribution in [0.5, 0.6) is 0 Å². The van der Waals surface area contributed by atoms with Crippen LogP contribution in [0.15, 0.2) is 24.4 Å². The number of amides is 1. The third-order valence-electron chi connectivity index (χ3n) is 5.13. The Morgan fingerprint density at radius 1 is 1.29 bits per heavy atom. The fourth-order valence-electron chi connectivity index (χ4n) is 3.85. The van der Waals surface area contributed by atoms with Crippen LogP contribution in [0, 0.1) is 5.92 Å². The molecule has 2 aromatic rings. The van der Waals surface area contributed by atoms with Crippen molar-refractivity contribution < 1.29 is 9.53 Å². The summed E-state index contributed by atoms with van der Waals surface area (Å²) in [6.45, 7) is 5.59. The van der Waals surface area contributed by atoms with Crippen LogP contribution in [0.2, 0.25) is 0 Å². The van der Waals surface area contributed by atoms with Crippen molar-refractivity contribution in [2.75, 3.05) is 39.4 Å². The zero-order valence-electron chi connectivity index (χ0n) is 13.9. The van der Waals surface area contributed by atoms with Crippen LogP contribution in [0.1, 0.15) is 18.4 Å². The van der Waals surface area contributed by atoms with Crippen LogP contribution in [-0.4, -0.2) is 65.3 Å². The first kappa shape index (κ1) is 15.6. The highest BCUT2D eigenvalue weighted by atomic mass is 16.5. The molecule has 0 bridgehead atoms. The maximum Gasteiger partial charge on any atom is 0.227 e. The zero-order chi connectivity index (χ0) is 16.4. The number of piperidine rings is 1. The average molecular weight is 328 g/mol. The van der Waals surface area contributed by atoms with E-state index >= 15 is 0 Å². The SMILES string of the molecule is O=C([C@H]1CCCN(Cc2cccc3cn[nH]c23)C1)N1CCOCC1. The molecule has 2 aliphatic heterocycles. The highest BCUT2D eigenvalue weighted by Gasteiger charge is 2.30. The topological polar surface area (TPSA) is 61.5 Å². The number of aromatic amines is 1. The third kappa shape index (κ3) is 3.16. The maximum absolute atomic E-state index is 12.7. The number of H-pyrrole nitrogens is 1. The number of nitrogens with zero attached hydrogens (tertiary/aromatic N) is 3. The van der Waals surface area contributed by atoms with Crippen molar-refractivity contribution in [1.82, 2.24) is 20.0 Å². The van der Waals surface area contributed by atoms with Gasteiger partial charge in [0.1, 0.15) is 0 Å². The number of rotatable bonds is 3. The van der Waals surface area contributed by atoms with Crippen LogP contribution >= 0.6 is 0 Å². The summed E-state index contributed by atoms with van der Waals surface area (Å²) < 4.78 is 5.36. The van der Waals surface area contributed by atoms with Gasteiger partial charge in [-0.3, -0.25) is 14.8 Å². The van der Waals surface area contributed by atoms with Crippen LogP contribution in [0.3, 0.4) is 0 Å². The summed E-state index contributed by atoms with van der Waals surface area (Å²) in [7, 11) is 0. The molecule has 3 heterocycles. The molecule has 1 aromatic heterocycles. The highest BCUT2D eigenvalue weighted by molar-refractivity contribution is 5.81. The van der Waals surface area contributed by atoms with Gasteiger partial charge < -0.3 is 9.64 Å². The zero-order valence-corrected chi connectivity index (χ0v) is 13.9. The summed E-state index contributed by atoms with van der Waals surface area (Å²) in [6.07, 6.45) is 3.94. The summed E-state index contributed by atoms with van der Waals surface area (Å²) in [5, 5.41) is 8.38. The molecule has 0 saturated carbocycles. The number of aromatic nitrogens is 2. The van der Waals surface area contributed by atoms with Gasteiger partial charge in [0.05, 0.1) is 30.8 Å². The summed E-state index contributed by atoms with van der Waals surface area (Å²) in [6, 6.07) is 6.30. The Kier molecular flexibility index (Phi) is 4.49. The smallest absolute Gasteiger partial charge is 0.227 e. The van der Waals surface area contributed by atoms with E-state index in [1.165, 1.54) is 5.56 Å². The summed E-state index contributed by atoms with van der Waals surface area (Å²) in [4.78, 5) is 17.1. The number of para-hydroxylation sites is 1. The molecule has 6 heteroatoms. The van der Waals surface area contributed by atoms with Crippen LogP contribution in [-0.2, 0) is 16.1 Å². The van der Waals surface area contributed by atoms with E-state index in [0.29, 0.717) is 19.1 Å². The molecule has 2 saturated heterocycles. The fraction of sp³-hybridized carbons (Fsp3) is 0.556. The van der Waals surface area contributed by atoms with Crippen molar-refractivity contribution in [2.45, 2.75) is 19.4 Å². The molecular weight excluding hydrogens is 304 g/mol. The van der Waals surface area contributed by atoms with Crippen molar-refractivity contribution in [2.24, 2.45) is 5.92 Å². The Balaban J connectivity index is 1.43. The van der Waals surface area contributed by atoms with E-state index in [1.54, 1.807) is 0 Å². The predicted octanol–water partition coefficient (Wildman–Crippen LogP) is 1.63. The van der Waals surface area contributed by atoms with Crippen LogP contribution < -0.4 is 0 Å².